The molecule has 0 saturated carbocycles. The zero-order valence-corrected chi connectivity index (χ0v) is 15.6. The zero-order chi connectivity index (χ0) is 18.5. The molecule has 26 heavy (non-hydrogen) atoms. The third-order valence-corrected chi connectivity index (χ3v) is 6.72. The average Bonchev–Trinajstić information content (AvgIpc) is 3.21. The molecule has 3 aromatic rings. The summed E-state index contributed by atoms with van der Waals surface area (Å²) < 4.78 is 30.3. The van der Waals surface area contributed by atoms with Gasteiger partial charge < -0.3 is 0 Å². The molecule has 1 aliphatic heterocycles. The molecule has 0 unspecified atom stereocenters. The second-order valence-electron chi connectivity index (χ2n) is 6.34. The fourth-order valence-electron chi connectivity index (χ4n) is 3.12. The third-order valence-electron chi connectivity index (χ3n) is 4.75. The minimum Gasteiger partial charge on any atom is -0.272 e. The number of hydrogen-bond acceptors (Lipinski definition) is 6. The molecule has 0 spiro atoms. The molecule has 0 aliphatic carbocycles. The van der Waals surface area contributed by atoms with Crippen LogP contribution < -0.4 is 0 Å². The second-order valence-corrected chi connectivity index (χ2v) is 8.25. The van der Waals surface area contributed by atoms with Crippen LogP contribution in [0.4, 0.5) is 0 Å². The van der Waals surface area contributed by atoms with Gasteiger partial charge in [-0.05, 0) is 37.5 Å². The lowest BCUT2D eigenvalue weighted by Gasteiger charge is -2.25. The van der Waals surface area contributed by atoms with Gasteiger partial charge in [0, 0.05) is 20.1 Å². The molecular formula is C16H19N7O2S. The Morgan fingerprint density at radius 2 is 2.00 bits per heavy atom. The molecule has 4 rings (SSSR count). The molecule has 1 aliphatic rings. The molecule has 0 amide bonds. The van der Waals surface area contributed by atoms with Crippen LogP contribution in [-0.2, 0) is 17.1 Å². The standard InChI is InChI=1S/C16H19N7O2S/c1-11-8-15-17-10-19-23(15)20-16(11)13-4-6-22(7-5-13)26(24,25)14-9-18-21(3)12(14)2/h4,8-10H,5-7H2,1-3H3. The van der Waals surface area contributed by atoms with Crippen molar-refractivity contribution in [3.05, 3.63) is 41.6 Å². The van der Waals surface area contributed by atoms with E-state index in [1.807, 2.05) is 19.1 Å². The van der Waals surface area contributed by atoms with Crippen molar-refractivity contribution in [2.24, 2.45) is 7.05 Å². The van der Waals surface area contributed by atoms with E-state index in [9.17, 15) is 8.42 Å². The Morgan fingerprint density at radius 1 is 1.19 bits per heavy atom. The first-order valence-corrected chi connectivity index (χ1v) is 9.68. The van der Waals surface area contributed by atoms with Crippen LogP contribution in [0.1, 0.15) is 23.4 Å². The van der Waals surface area contributed by atoms with Crippen LogP contribution in [0, 0.1) is 13.8 Å². The van der Waals surface area contributed by atoms with Gasteiger partial charge in [-0.2, -0.15) is 9.40 Å². The molecule has 9 nitrogen and oxygen atoms in total. The Balaban J connectivity index is 1.63. The van der Waals surface area contributed by atoms with Crippen LogP contribution in [0.2, 0.25) is 0 Å². The summed E-state index contributed by atoms with van der Waals surface area (Å²) in [5.41, 5.74) is 4.18. The highest BCUT2D eigenvalue weighted by atomic mass is 32.2. The van der Waals surface area contributed by atoms with Crippen molar-refractivity contribution >= 4 is 21.2 Å². The van der Waals surface area contributed by atoms with Gasteiger partial charge >= 0.3 is 0 Å². The van der Waals surface area contributed by atoms with Gasteiger partial charge in [0.15, 0.2) is 5.65 Å². The van der Waals surface area contributed by atoms with E-state index in [0.717, 1.165) is 16.8 Å². The minimum atomic E-state index is -3.56. The van der Waals surface area contributed by atoms with Gasteiger partial charge in [-0.3, -0.25) is 4.68 Å². The lowest BCUT2D eigenvalue weighted by atomic mass is 10.0. The highest BCUT2D eigenvalue weighted by Gasteiger charge is 2.30. The van der Waals surface area contributed by atoms with Crippen LogP contribution in [-0.4, -0.2) is 55.4 Å². The minimum absolute atomic E-state index is 0.259. The molecule has 0 aromatic carbocycles. The maximum absolute atomic E-state index is 12.9. The summed E-state index contributed by atoms with van der Waals surface area (Å²) in [4.78, 5) is 4.39. The molecule has 136 valence electrons. The molecule has 3 aromatic heterocycles. The summed E-state index contributed by atoms with van der Waals surface area (Å²) in [6, 6.07) is 1.93. The van der Waals surface area contributed by atoms with Crippen LogP contribution in [0.25, 0.3) is 11.2 Å². The van der Waals surface area contributed by atoms with E-state index in [0.29, 0.717) is 30.9 Å². The zero-order valence-electron chi connectivity index (χ0n) is 14.8. The van der Waals surface area contributed by atoms with Crippen LogP contribution >= 0.6 is 0 Å². The van der Waals surface area contributed by atoms with Gasteiger partial charge in [-0.25, -0.2) is 13.4 Å². The van der Waals surface area contributed by atoms with E-state index in [1.54, 1.807) is 18.7 Å². The Hall–Kier alpha value is -2.59. The van der Waals surface area contributed by atoms with Crippen molar-refractivity contribution in [1.29, 1.82) is 0 Å². The molecule has 0 N–H and O–H groups in total. The van der Waals surface area contributed by atoms with Gasteiger partial charge in [0.1, 0.15) is 11.2 Å². The molecule has 0 bridgehead atoms. The fraction of sp³-hybridized carbons (Fsp3) is 0.375. The molecule has 4 heterocycles. The van der Waals surface area contributed by atoms with Gasteiger partial charge in [-0.15, -0.1) is 14.8 Å². The highest BCUT2D eigenvalue weighted by Crippen LogP contribution is 2.27. The maximum atomic E-state index is 12.9. The first-order chi connectivity index (χ1) is 12.4. The smallest absolute Gasteiger partial charge is 0.246 e. The van der Waals surface area contributed by atoms with E-state index < -0.39 is 10.0 Å². The molecule has 0 atom stereocenters. The van der Waals surface area contributed by atoms with E-state index in [2.05, 4.69) is 20.3 Å². The maximum Gasteiger partial charge on any atom is 0.246 e. The summed E-state index contributed by atoms with van der Waals surface area (Å²) in [5.74, 6) is 0. The topological polar surface area (TPSA) is 98.3 Å². The number of sulfonamides is 1. The average molecular weight is 373 g/mol. The van der Waals surface area contributed by atoms with Crippen molar-refractivity contribution in [2.45, 2.75) is 25.2 Å². The quantitative estimate of drug-likeness (QED) is 0.678. The first-order valence-electron chi connectivity index (χ1n) is 8.24. The number of nitrogens with zero attached hydrogens (tertiary/aromatic N) is 7. The first kappa shape index (κ1) is 16.9. The number of hydrogen-bond donors (Lipinski definition) is 0. The lowest BCUT2D eigenvalue weighted by Crippen LogP contribution is -2.35. The van der Waals surface area contributed by atoms with Crippen LogP contribution in [0.15, 0.2) is 29.6 Å². The van der Waals surface area contributed by atoms with E-state index in [1.165, 1.54) is 21.5 Å². The lowest BCUT2D eigenvalue weighted by molar-refractivity contribution is 0.440. The number of aromatic nitrogens is 6. The normalized spacial score (nSPS) is 16.2. The summed E-state index contributed by atoms with van der Waals surface area (Å²) in [7, 11) is -1.82. The van der Waals surface area contributed by atoms with E-state index in [4.69, 9.17) is 0 Å². The third kappa shape index (κ3) is 2.61. The molecule has 0 radical (unpaired) electrons. The Bertz CT molecular complexity index is 1130. The monoisotopic (exact) mass is 373 g/mol. The predicted octanol–water partition coefficient (Wildman–Crippen LogP) is 0.953. The van der Waals surface area contributed by atoms with Crippen LogP contribution in [0.3, 0.4) is 0 Å². The summed E-state index contributed by atoms with van der Waals surface area (Å²) >= 11 is 0. The van der Waals surface area contributed by atoms with Crippen molar-refractivity contribution in [3.63, 3.8) is 0 Å². The van der Waals surface area contributed by atoms with Crippen molar-refractivity contribution in [2.75, 3.05) is 13.1 Å². The van der Waals surface area contributed by atoms with Gasteiger partial charge in [0.05, 0.1) is 17.6 Å². The largest absolute Gasteiger partial charge is 0.272 e. The van der Waals surface area contributed by atoms with Gasteiger partial charge in [0.2, 0.25) is 10.0 Å². The predicted molar refractivity (Wildman–Crippen MR) is 94.8 cm³/mol. The Morgan fingerprint density at radius 3 is 2.65 bits per heavy atom. The fourth-order valence-corrected chi connectivity index (χ4v) is 4.69. The summed E-state index contributed by atoms with van der Waals surface area (Å²) in [5, 5.41) is 12.6. The number of aryl methyl sites for hydroxylation is 2. The van der Waals surface area contributed by atoms with Gasteiger partial charge in [-0.1, -0.05) is 6.08 Å². The van der Waals surface area contributed by atoms with E-state index in [-0.39, 0.29) is 4.90 Å². The number of rotatable bonds is 3. The van der Waals surface area contributed by atoms with Crippen molar-refractivity contribution in [1.82, 2.24) is 33.9 Å². The van der Waals surface area contributed by atoms with E-state index >= 15 is 0 Å². The molecule has 10 heteroatoms. The molecule has 0 fully saturated rings. The molecular weight excluding hydrogens is 354 g/mol. The summed E-state index contributed by atoms with van der Waals surface area (Å²) in [6.45, 7) is 4.44. The van der Waals surface area contributed by atoms with Crippen molar-refractivity contribution < 1.29 is 8.42 Å². The molecule has 0 saturated heterocycles. The Kier molecular flexibility index (Phi) is 3.88. The van der Waals surface area contributed by atoms with Crippen LogP contribution in [0.5, 0.6) is 0 Å². The van der Waals surface area contributed by atoms with Gasteiger partial charge in [0.25, 0.3) is 0 Å². The van der Waals surface area contributed by atoms with Crippen molar-refractivity contribution in [3.8, 4) is 0 Å². The Labute approximate surface area is 151 Å². The SMILES string of the molecule is Cc1cc2ncnn2nc1C1=CCN(S(=O)(=O)c2cnn(C)c2C)CC1. The second kappa shape index (κ2) is 5.99. The summed E-state index contributed by atoms with van der Waals surface area (Å²) in [6.07, 6.45) is 5.39. The number of fused-ring (bicyclic) bond motifs is 1. The highest BCUT2D eigenvalue weighted by molar-refractivity contribution is 7.89.